The third-order valence-electron chi connectivity index (χ3n) is 4.85. The van der Waals surface area contributed by atoms with E-state index in [9.17, 15) is 4.79 Å². The summed E-state index contributed by atoms with van der Waals surface area (Å²) in [5, 5.41) is 9.29. The minimum atomic E-state index is 0.0622. The summed E-state index contributed by atoms with van der Waals surface area (Å²) in [7, 11) is 0. The van der Waals surface area contributed by atoms with Crippen LogP contribution in [0.3, 0.4) is 0 Å². The van der Waals surface area contributed by atoms with Crippen LogP contribution in [0, 0.1) is 0 Å². The normalized spacial score (nSPS) is 16.8. The molecule has 2 N–H and O–H groups in total. The molecule has 1 atom stereocenters. The molecule has 25 heavy (non-hydrogen) atoms. The van der Waals surface area contributed by atoms with Gasteiger partial charge in [0.05, 0.1) is 6.04 Å². The van der Waals surface area contributed by atoms with Crippen LogP contribution in [0.25, 0.3) is 10.9 Å². The van der Waals surface area contributed by atoms with Gasteiger partial charge in [0.15, 0.2) is 0 Å². The lowest BCUT2D eigenvalue weighted by atomic mass is 9.91. The first-order valence-corrected chi connectivity index (χ1v) is 9.15. The molecule has 2 aromatic heterocycles. The second kappa shape index (κ2) is 6.92. The lowest BCUT2D eigenvalue weighted by Gasteiger charge is -2.24. The third kappa shape index (κ3) is 3.42. The first-order valence-electron chi connectivity index (χ1n) is 8.77. The van der Waals surface area contributed by atoms with E-state index in [1.807, 2.05) is 35.1 Å². The number of H-pyrrole nitrogens is 1. The van der Waals surface area contributed by atoms with Gasteiger partial charge in [-0.05, 0) is 55.5 Å². The van der Waals surface area contributed by atoms with Crippen LogP contribution in [0.2, 0.25) is 5.02 Å². The summed E-state index contributed by atoms with van der Waals surface area (Å²) < 4.78 is 1.85. The highest BCUT2D eigenvalue weighted by Gasteiger charge is 2.25. The number of rotatable bonds is 5. The van der Waals surface area contributed by atoms with E-state index in [-0.39, 0.29) is 11.9 Å². The van der Waals surface area contributed by atoms with Crippen LogP contribution in [0.15, 0.2) is 36.7 Å². The van der Waals surface area contributed by atoms with Crippen molar-refractivity contribution in [3.63, 3.8) is 0 Å². The predicted molar refractivity (Wildman–Crippen MR) is 98.6 cm³/mol. The Morgan fingerprint density at radius 2 is 2.36 bits per heavy atom. The van der Waals surface area contributed by atoms with Crippen LogP contribution >= 0.6 is 11.6 Å². The predicted octanol–water partition coefficient (Wildman–Crippen LogP) is 3.99. The summed E-state index contributed by atoms with van der Waals surface area (Å²) in [6, 6.07) is 7.88. The number of aromatic nitrogens is 3. The van der Waals surface area contributed by atoms with Crippen LogP contribution in [0.1, 0.15) is 43.0 Å². The number of amides is 1. The summed E-state index contributed by atoms with van der Waals surface area (Å²) in [6.45, 7) is 0.765. The summed E-state index contributed by atoms with van der Waals surface area (Å²) in [5.74, 6) is 0.0988. The van der Waals surface area contributed by atoms with Crippen molar-refractivity contribution in [3.05, 3.63) is 52.9 Å². The lowest BCUT2D eigenvalue weighted by Crippen LogP contribution is -2.31. The maximum atomic E-state index is 12.3. The zero-order valence-corrected chi connectivity index (χ0v) is 14.7. The van der Waals surface area contributed by atoms with Crippen molar-refractivity contribution in [2.24, 2.45) is 0 Å². The fraction of sp³-hybridized carbons (Fsp3) is 0.368. The van der Waals surface area contributed by atoms with Gasteiger partial charge in [-0.15, -0.1) is 0 Å². The van der Waals surface area contributed by atoms with Crippen molar-refractivity contribution < 1.29 is 4.79 Å². The van der Waals surface area contributed by atoms with Gasteiger partial charge in [-0.3, -0.25) is 9.48 Å². The second-order valence-electron chi connectivity index (χ2n) is 6.59. The van der Waals surface area contributed by atoms with Gasteiger partial charge in [0, 0.05) is 47.0 Å². The standard InChI is InChI=1S/C19H21ClN4O/c20-13-7-8-16-15(12-13)14-4-1-5-17(19(14)23-16)22-18(25)6-2-10-24-11-3-9-21-24/h3,7-9,11-12,17,23H,1-2,4-6,10H2,(H,22,25). The van der Waals surface area contributed by atoms with E-state index in [4.69, 9.17) is 11.6 Å². The highest BCUT2D eigenvalue weighted by atomic mass is 35.5. The molecule has 3 aromatic rings. The number of aryl methyl sites for hydroxylation is 2. The topological polar surface area (TPSA) is 62.7 Å². The molecule has 6 heteroatoms. The van der Waals surface area contributed by atoms with E-state index in [0.717, 1.165) is 48.5 Å². The fourth-order valence-corrected chi connectivity index (χ4v) is 3.85. The monoisotopic (exact) mass is 356 g/mol. The largest absolute Gasteiger partial charge is 0.356 e. The molecular weight excluding hydrogens is 336 g/mol. The Kier molecular flexibility index (Phi) is 4.49. The van der Waals surface area contributed by atoms with Crippen molar-refractivity contribution in [2.45, 2.75) is 44.7 Å². The molecule has 1 aromatic carbocycles. The van der Waals surface area contributed by atoms with Crippen molar-refractivity contribution in [3.8, 4) is 0 Å². The summed E-state index contributed by atoms with van der Waals surface area (Å²) in [6.07, 6.45) is 8.05. The zero-order valence-electron chi connectivity index (χ0n) is 14.0. The summed E-state index contributed by atoms with van der Waals surface area (Å²) >= 11 is 6.15. The highest BCUT2D eigenvalue weighted by molar-refractivity contribution is 6.31. The van der Waals surface area contributed by atoms with Crippen LogP contribution in [-0.4, -0.2) is 20.7 Å². The van der Waals surface area contributed by atoms with E-state index in [1.165, 1.54) is 10.9 Å². The van der Waals surface area contributed by atoms with Crippen molar-refractivity contribution >= 4 is 28.4 Å². The molecule has 5 nitrogen and oxygen atoms in total. The minimum absolute atomic E-state index is 0.0622. The molecule has 1 aliphatic rings. The van der Waals surface area contributed by atoms with Gasteiger partial charge in [-0.1, -0.05) is 11.6 Å². The molecule has 130 valence electrons. The number of nitrogens with one attached hydrogen (secondary N) is 2. The Hall–Kier alpha value is -2.27. The highest BCUT2D eigenvalue weighted by Crippen LogP contribution is 2.35. The minimum Gasteiger partial charge on any atom is -0.356 e. The molecule has 0 aliphatic heterocycles. The Balaban J connectivity index is 1.43. The molecule has 0 saturated heterocycles. The Morgan fingerprint density at radius 3 is 3.20 bits per heavy atom. The molecule has 0 saturated carbocycles. The number of carbonyl (C=O) groups excluding carboxylic acids is 1. The Labute approximate surface area is 151 Å². The maximum absolute atomic E-state index is 12.3. The molecule has 0 spiro atoms. The van der Waals surface area contributed by atoms with Crippen LogP contribution in [0.4, 0.5) is 0 Å². The molecule has 1 aliphatic carbocycles. The molecule has 0 radical (unpaired) electrons. The van der Waals surface area contributed by atoms with Gasteiger partial charge in [-0.2, -0.15) is 5.10 Å². The first kappa shape index (κ1) is 16.2. The molecule has 0 bridgehead atoms. The Bertz CT molecular complexity index is 884. The van der Waals surface area contributed by atoms with Crippen LogP contribution < -0.4 is 5.32 Å². The third-order valence-corrected chi connectivity index (χ3v) is 5.09. The van der Waals surface area contributed by atoms with E-state index in [0.29, 0.717) is 6.42 Å². The number of fused-ring (bicyclic) bond motifs is 3. The Morgan fingerprint density at radius 1 is 1.44 bits per heavy atom. The van der Waals surface area contributed by atoms with Crippen LogP contribution in [-0.2, 0) is 17.8 Å². The van der Waals surface area contributed by atoms with Crippen molar-refractivity contribution in [1.29, 1.82) is 0 Å². The van der Waals surface area contributed by atoms with Gasteiger partial charge < -0.3 is 10.3 Å². The molecule has 4 rings (SSSR count). The molecular formula is C19H21ClN4O. The quantitative estimate of drug-likeness (QED) is 0.726. The first-order chi connectivity index (χ1) is 12.2. The molecule has 1 amide bonds. The van der Waals surface area contributed by atoms with Gasteiger partial charge in [-0.25, -0.2) is 0 Å². The zero-order chi connectivity index (χ0) is 17.2. The number of nitrogens with zero attached hydrogens (tertiary/aromatic N) is 2. The number of hydrogen-bond donors (Lipinski definition) is 2. The van der Waals surface area contributed by atoms with E-state index < -0.39 is 0 Å². The van der Waals surface area contributed by atoms with Gasteiger partial charge >= 0.3 is 0 Å². The molecule has 0 fully saturated rings. The average Bonchev–Trinajstić information content (AvgIpc) is 3.23. The van der Waals surface area contributed by atoms with Gasteiger partial charge in [0.1, 0.15) is 0 Å². The average molecular weight is 357 g/mol. The summed E-state index contributed by atoms with van der Waals surface area (Å²) in [4.78, 5) is 15.8. The molecule has 2 heterocycles. The number of aromatic amines is 1. The number of carbonyl (C=O) groups is 1. The second-order valence-corrected chi connectivity index (χ2v) is 7.03. The van der Waals surface area contributed by atoms with E-state index in [1.54, 1.807) is 6.20 Å². The molecule has 1 unspecified atom stereocenters. The van der Waals surface area contributed by atoms with Crippen molar-refractivity contribution in [2.75, 3.05) is 0 Å². The number of benzene rings is 1. The SMILES string of the molecule is O=C(CCCn1cccn1)NC1CCCc2c1[nH]c1ccc(Cl)cc21. The van der Waals surface area contributed by atoms with E-state index >= 15 is 0 Å². The van der Waals surface area contributed by atoms with Gasteiger partial charge in [0.25, 0.3) is 0 Å². The lowest BCUT2D eigenvalue weighted by molar-refractivity contribution is -0.122. The smallest absolute Gasteiger partial charge is 0.220 e. The van der Waals surface area contributed by atoms with Crippen LogP contribution in [0.5, 0.6) is 0 Å². The van der Waals surface area contributed by atoms with Gasteiger partial charge in [0.2, 0.25) is 5.91 Å². The summed E-state index contributed by atoms with van der Waals surface area (Å²) in [5.41, 5.74) is 3.53. The number of halogens is 1. The van der Waals surface area contributed by atoms with E-state index in [2.05, 4.69) is 15.4 Å². The van der Waals surface area contributed by atoms with Crippen molar-refractivity contribution in [1.82, 2.24) is 20.1 Å². The maximum Gasteiger partial charge on any atom is 0.220 e. The number of hydrogen-bond acceptors (Lipinski definition) is 2. The fourth-order valence-electron chi connectivity index (χ4n) is 3.68.